The molecule has 0 saturated heterocycles. The Morgan fingerprint density at radius 2 is 1.95 bits per heavy atom. The first-order chi connectivity index (χ1) is 9.58. The molecule has 4 heteroatoms. The number of aliphatic carboxylic acids is 1. The molecule has 2 N–H and O–H groups in total. The van der Waals surface area contributed by atoms with Gasteiger partial charge in [0.05, 0.1) is 0 Å². The summed E-state index contributed by atoms with van der Waals surface area (Å²) in [6, 6.07) is 14.1. The van der Waals surface area contributed by atoms with Gasteiger partial charge in [-0.15, -0.1) is 0 Å². The molecule has 0 radical (unpaired) electrons. The van der Waals surface area contributed by atoms with Crippen LogP contribution in [0.1, 0.15) is 22.7 Å². The van der Waals surface area contributed by atoms with Gasteiger partial charge in [-0.2, -0.15) is 0 Å². The molecule has 1 unspecified atom stereocenters. The van der Waals surface area contributed by atoms with Crippen LogP contribution in [-0.2, 0) is 11.3 Å². The summed E-state index contributed by atoms with van der Waals surface area (Å²) in [5.41, 5.74) is 2.70. The van der Waals surface area contributed by atoms with E-state index in [1.807, 2.05) is 43.3 Å². The minimum Gasteiger partial charge on any atom is -0.480 e. The number of carboxylic acids is 1. The van der Waals surface area contributed by atoms with E-state index in [1.54, 1.807) is 12.1 Å². The molecule has 2 rings (SSSR count). The van der Waals surface area contributed by atoms with Gasteiger partial charge in [-0.1, -0.05) is 54.1 Å². The Balaban J connectivity index is 2.10. The van der Waals surface area contributed by atoms with Gasteiger partial charge >= 0.3 is 5.97 Å². The fourth-order valence-corrected chi connectivity index (χ4v) is 2.16. The van der Waals surface area contributed by atoms with Gasteiger partial charge in [-0.3, -0.25) is 10.1 Å². The molecule has 0 aliphatic heterocycles. The van der Waals surface area contributed by atoms with Crippen LogP contribution in [0.15, 0.2) is 48.5 Å². The zero-order chi connectivity index (χ0) is 14.5. The Morgan fingerprint density at radius 1 is 1.25 bits per heavy atom. The van der Waals surface area contributed by atoms with Crippen molar-refractivity contribution in [1.29, 1.82) is 0 Å². The Bertz CT molecular complexity index is 599. The van der Waals surface area contributed by atoms with Crippen LogP contribution in [0.2, 0.25) is 5.02 Å². The normalized spacial score (nSPS) is 12.1. The third-order valence-electron chi connectivity index (χ3n) is 3.13. The topological polar surface area (TPSA) is 49.3 Å². The number of carboxylic acid groups (broad SMARTS) is 1. The molecule has 1 atom stereocenters. The van der Waals surface area contributed by atoms with Crippen molar-refractivity contribution in [2.75, 3.05) is 0 Å². The van der Waals surface area contributed by atoms with Gasteiger partial charge in [-0.05, 0) is 29.7 Å². The Hall–Kier alpha value is -1.84. The molecule has 20 heavy (non-hydrogen) atoms. The first-order valence-corrected chi connectivity index (χ1v) is 6.72. The lowest BCUT2D eigenvalue weighted by atomic mass is 10.1. The van der Waals surface area contributed by atoms with Crippen molar-refractivity contribution in [2.45, 2.75) is 19.5 Å². The molecular weight excluding hydrogens is 274 g/mol. The molecule has 0 aliphatic rings. The van der Waals surface area contributed by atoms with Gasteiger partial charge < -0.3 is 5.11 Å². The highest BCUT2D eigenvalue weighted by atomic mass is 35.5. The molecule has 2 aromatic rings. The Morgan fingerprint density at radius 3 is 2.55 bits per heavy atom. The Kier molecular flexibility index (Phi) is 4.77. The van der Waals surface area contributed by atoms with Crippen LogP contribution in [0.5, 0.6) is 0 Å². The van der Waals surface area contributed by atoms with E-state index in [9.17, 15) is 9.90 Å². The minimum atomic E-state index is -0.894. The minimum absolute atomic E-state index is 0.450. The van der Waals surface area contributed by atoms with Crippen LogP contribution in [0.4, 0.5) is 0 Å². The summed E-state index contributed by atoms with van der Waals surface area (Å²) in [5.74, 6) is -0.894. The highest BCUT2D eigenvalue weighted by Gasteiger charge is 2.18. The maximum atomic E-state index is 11.4. The zero-order valence-corrected chi connectivity index (χ0v) is 11.9. The number of hydrogen-bond donors (Lipinski definition) is 2. The molecule has 0 heterocycles. The fraction of sp³-hybridized carbons (Fsp3) is 0.188. The van der Waals surface area contributed by atoms with Crippen LogP contribution in [0, 0.1) is 6.92 Å². The molecule has 104 valence electrons. The second-order valence-corrected chi connectivity index (χ2v) is 5.05. The second-order valence-electron chi connectivity index (χ2n) is 4.65. The van der Waals surface area contributed by atoms with Crippen LogP contribution in [-0.4, -0.2) is 11.1 Å². The number of aryl methyl sites for hydroxylation is 1. The average molecular weight is 290 g/mol. The smallest absolute Gasteiger partial charge is 0.325 e. The SMILES string of the molecule is Cc1ccc(CNC(C(=O)O)c2ccccc2)cc1Cl. The average Bonchev–Trinajstić information content (AvgIpc) is 2.44. The van der Waals surface area contributed by atoms with Crippen LogP contribution in [0.3, 0.4) is 0 Å². The van der Waals surface area contributed by atoms with Gasteiger partial charge in [0.25, 0.3) is 0 Å². The summed E-state index contributed by atoms with van der Waals surface area (Å²) in [5, 5.41) is 13.0. The summed E-state index contributed by atoms with van der Waals surface area (Å²) < 4.78 is 0. The standard InChI is InChI=1S/C16H16ClNO2/c1-11-7-8-12(9-14(11)17)10-18-15(16(19)20)13-5-3-2-4-6-13/h2-9,15,18H,10H2,1H3,(H,19,20). The van der Waals surface area contributed by atoms with Gasteiger partial charge in [-0.25, -0.2) is 0 Å². The third kappa shape index (κ3) is 3.59. The summed E-state index contributed by atoms with van der Waals surface area (Å²) in [7, 11) is 0. The predicted octanol–water partition coefficient (Wildman–Crippen LogP) is 3.56. The van der Waals surface area contributed by atoms with Crippen molar-refractivity contribution in [2.24, 2.45) is 0 Å². The lowest BCUT2D eigenvalue weighted by Gasteiger charge is -2.15. The second kappa shape index (κ2) is 6.55. The molecule has 0 saturated carbocycles. The van der Waals surface area contributed by atoms with Gasteiger partial charge in [0, 0.05) is 11.6 Å². The van der Waals surface area contributed by atoms with E-state index >= 15 is 0 Å². The molecule has 0 amide bonds. The highest BCUT2D eigenvalue weighted by Crippen LogP contribution is 2.18. The van der Waals surface area contributed by atoms with Crippen LogP contribution >= 0.6 is 11.6 Å². The summed E-state index contributed by atoms with van der Waals surface area (Å²) in [4.78, 5) is 11.4. The van der Waals surface area contributed by atoms with Crippen LogP contribution in [0.25, 0.3) is 0 Å². The zero-order valence-electron chi connectivity index (χ0n) is 11.1. The molecule has 0 fully saturated rings. The van der Waals surface area contributed by atoms with E-state index in [-0.39, 0.29) is 0 Å². The van der Waals surface area contributed by atoms with E-state index in [0.29, 0.717) is 11.6 Å². The maximum absolute atomic E-state index is 11.4. The van der Waals surface area contributed by atoms with E-state index in [0.717, 1.165) is 16.7 Å². The first kappa shape index (κ1) is 14.6. The number of nitrogens with one attached hydrogen (secondary N) is 1. The number of rotatable bonds is 5. The molecule has 0 bridgehead atoms. The third-order valence-corrected chi connectivity index (χ3v) is 3.53. The number of carbonyl (C=O) groups is 1. The van der Waals surface area contributed by atoms with Gasteiger partial charge in [0.1, 0.15) is 6.04 Å². The maximum Gasteiger partial charge on any atom is 0.325 e. The number of benzene rings is 2. The van der Waals surface area contributed by atoms with Crippen molar-refractivity contribution >= 4 is 17.6 Å². The van der Waals surface area contributed by atoms with E-state index in [4.69, 9.17) is 11.6 Å². The highest BCUT2D eigenvalue weighted by molar-refractivity contribution is 6.31. The molecule has 0 aromatic heterocycles. The summed E-state index contributed by atoms with van der Waals surface area (Å²) in [6.07, 6.45) is 0. The summed E-state index contributed by atoms with van der Waals surface area (Å²) >= 11 is 6.06. The molecule has 2 aromatic carbocycles. The predicted molar refractivity (Wildman–Crippen MR) is 79.8 cm³/mol. The van der Waals surface area contributed by atoms with Crippen LogP contribution < -0.4 is 5.32 Å². The van der Waals surface area contributed by atoms with Crippen molar-refractivity contribution in [3.05, 3.63) is 70.2 Å². The van der Waals surface area contributed by atoms with Gasteiger partial charge in [0.2, 0.25) is 0 Å². The van der Waals surface area contributed by atoms with Crippen molar-refractivity contribution < 1.29 is 9.90 Å². The first-order valence-electron chi connectivity index (χ1n) is 6.34. The largest absolute Gasteiger partial charge is 0.480 e. The molecule has 0 aliphatic carbocycles. The lowest BCUT2D eigenvalue weighted by Crippen LogP contribution is -2.28. The van der Waals surface area contributed by atoms with E-state index < -0.39 is 12.0 Å². The van der Waals surface area contributed by atoms with Crippen molar-refractivity contribution in [3.8, 4) is 0 Å². The van der Waals surface area contributed by atoms with E-state index in [2.05, 4.69) is 5.32 Å². The van der Waals surface area contributed by atoms with E-state index in [1.165, 1.54) is 0 Å². The number of hydrogen-bond acceptors (Lipinski definition) is 2. The number of halogens is 1. The fourth-order valence-electron chi connectivity index (χ4n) is 1.96. The molecule has 0 spiro atoms. The summed E-state index contributed by atoms with van der Waals surface area (Å²) in [6.45, 7) is 2.38. The monoisotopic (exact) mass is 289 g/mol. The molecular formula is C16H16ClNO2. The quantitative estimate of drug-likeness (QED) is 0.885. The van der Waals surface area contributed by atoms with Crippen molar-refractivity contribution in [1.82, 2.24) is 5.32 Å². The lowest BCUT2D eigenvalue weighted by molar-refractivity contribution is -0.139. The van der Waals surface area contributed by atoms with Gasteiger partial charge in [0.15, 0.2) is 0 Å². The molecule has 3 nitrogen and oxygen atoms in total. The van der Waals surface area contributed by atoms with Crippen molar-refractivity contribution in [3.63, 3.8) is 0 Å². The Labute approximate surface area is 123 Å².